The van der Waals surface area contributed by atoms with Crippen LogP contribution in [-0.2, 0) is 17.9 Å². The number of nitrogens with zero attached hydrogens (tertiary/aromatic N) is 4. The molecular weight excluding hydrogens is 458 g/mol. The molecule has 0 spiro atoms. The summed E-state index contributed by atoms with van der Waals surface area (Å²) in [5.74, 6) is 0.746. The van der Waals surface area contributed by atoms with Crippen LogP contribution in [0.1, 0.15) is 0 Å². The van der Waals surface area contributed by atoms with Crippen molar-refractivity contribution in [2.24, 2.45) is 0 Å². The topological polar surface area (TPSA) is 81.8 Å². The van der Waals surface area contributed by atoms with E-state index in [1.807, 2.05) is 66.7 Å². The molecule has 0 fully saturated rings. The Morgan fingerprint density at radius 3 is 2.63 bits per heavy atom. The molecule has 172 valence electrons. The fourth-order valence-corrected chi connectivity index (χ4v) is 5.21. The summed E-state index contributed by atoms with van der Waals surface area (Å²) in [6.07, 6.45) is 2.06. The van der Waals surface area contributed by atoms with Crippen LogP contribution in [-0.4, -0.2) is 31.0 Å². The number of carbonyl (C=O) groups is 1. The van der Waals surface area contributed by atoms with E-state index in [0.717, 1.165) is 45.0 Å². The Balaban J connectivity index is 1.19. The summed E-state index contributed by atoms with van der Waals surface area (Å²) in [4.78, 5) is 29.8. The van der Waals surface area contributed by atoms with Gasteiger partial charge in [0.15, 0.2) is 5.16 Å². The number of hydrogen-bond acceptors (Lipinski definition) is 5. The molecule has 1 aliphatic rings. The third kappa shape index (κ3) is 4.24. The van der Waals surface area contributed by atoms with E-state index in [9.17, 15) is 9.59 Å². The monoisotopic (exact) mass is 479 g/mol. The van der Waals surface area contributed by atoms with Crippen LogP contribution in [0, 0.1) is 0 Å². The fourth-order valence-electron chi connectivity index (χ4n) is 4.26. The number of fused-ring (bicyclic) bond motifs is 2. The second kappa shape index (κ2) is 8.88. The lowest BCUT2D eigenvalue weighted by atomic mass is 10.0. The van der Waals surface area contributed by atoms with Crippen molar-refractivity contribution in [3.8, 4) is 22.5 Å². The van der Waals surface area contributed by atoms with E-state index in [1.165, 1.54) is 10.7 Å². The number of hydrogen-bond donors (Lipinski definition) is 1. The Labute approximate surface area is 205 Å². The molecule has 7 nitrogen and oxygen atoms in total. The Hall–Kier alpha value is -4.17. The molecule has 0 bridgehead atoms. The standard InChI is InChI=1S/C27H21N5O2S/c33-25(28-20-10-8-19(9-11-20)24-16-31-14-15-35-27(31)29-24)17-32-26(34)13-12-23(30-32)22-7-3-5-18-4-1-2-6-21(18)22/h1-13,16H,14-15,17H2,(H,28,33). The molecule has 0 radical (unpaired) electrons. The van der Waals surface area contributed by atoms with Gasteiger partial charge in [0, 0.05) is 41.4 Å². The first kappa shape index (κ1) is 21.4. The van der Waals surface area contributed by atoms with E-state index < -0.39 is 0 Å². The predicted molar refractivity (Wildman–Crippen MR) is 138 cm³/mol. The molecule has 1 amide bonds. The number of rotatable bonds is 5. The first-order chi connectivity index (χ1) is 17.1. The van der Waals surface area contributed by atoms with Gasteiger partial charge in [0.1, 0.15) is 6.54 Å². The number of benzene rings is 3. The van der Waals surface area contributed by atoms with Gasteiger partial charge in [0.25, 0.3) is 5.56 Å². The summed E-state index contributed by atoms with van der Waals surface area (Å²) in [7, 11) is 0. The average molecular weight is 480 g/mol. The maximum absolute atomic E-state index is 12.7. The molecule has 3 heterocycles. The number of thioether (sulfide) groups is 1. The second-order valence-electron chi connectivity index (χ2n) is 8.32. The molecule has 1 N–H and O–H groups in total. The molecule has 0 saturated heterocycles. The van der Waals surface area contributed by atoms with Gasteiger partial charge >= 0.3 is 0 Å². The van der Waals surface area contributed by atoms with E-state index in [0.29, 0.717) is 11.4 Å². The van der Waals surface area contributed by atoms with Crippen molar-refractivity contribution in [2.75, 3.05) is 11.1 Å². The summed E-state index contributed by atoms with van der Waals surface area (Å²) in [5, 5.41) is 10.5. The van der Waals surface area contributed by atoms with Gasteiger partial charge in [-0.2, -0.15) is 5.10 Å². The minimum Gasteiger partial charge on any atom is -0.325 e. The van der Waals surface area contributed by atoms with E-state index in [-0.39, 0.29) is 18.0 Å². The van der Waals surface area contributed by atoms with Gasteiger partial charge in [0.05, 0.1) is 11.4 Å². The number of imidazole rings is 1. The largest absolute Gasteiger partial charge is 0.325 e. The van der Waals surface area contributed by atoms with Crippen molar-refractivity contribution in [3.05, 3.63) is 95.4 Å². The highest BCUT2D eigenvalue weighted by Gasteiger charge is 2.15. The lowest BCUT2D eigenvalue weighted by Gasteiger charge is -2.10. The Kier molecular flexibility index (Phi) is 5.42. The molecule has 1 aliphatic heterocycles. The highest BCUT2D eigenvalue weighted by atomic mass is 32.2. The molecular formula is C27H21N5O2S. The second-order valence-corrected chi connectivity index (χ2v) is 9.38. The number of aromatic nitrogens is 4. The molecule has 0 unspecified atom stereocenters. The molecule has 2 aromatic heterocycles. The fraction of sp³-hybridized carbons (Fsp3) is 0.111. The average Bonchev–Trinajstić information content (AvgIpc) is 3.48. The number of amides is 1. The van der Waals surface area contributed by atoms with Gasteiger partial charge in [-0.3, -0.25) is 9.59 Å². The van der Waals surface area contributed by atoms with Crippen LogP contribution >= 0.6 is 11.8 Å². The van der Waals surface area contributed by atoms with Crippen LogP contribution in [0.4, 0.5) is 5.69 Å². The minimum absolute atomic E-state index is 0.176. The van der Waals surface area contributed by atoms with E-state index in [4.69, 9.17) is 0 Å². The molecule has 0 atom stereocenters. The highest BCUT2D eigenvalue weighted by Crippen LogP contribution is 2.29. The maximum atomic E-state index is 12.7. The SMILES string of the molecule is O=C(Cn1nc(-c2cccc3ccccc23)ccc1=O)Nc1ccc(-c2cn3c(n2)SCC3)cc1. The minimum atomic E-state index is -0.329. The predicted octanol–water partition coefficient (Wildman–Crippen LogP) is 4.67. The molecule has 5 aromatic rings. The first-order valence-electron chi connectivity index (χ1n) is 11.3. The maximum Gasteiger partial charge on any atom is 0.267 e. The summed E-state index contributed by atoms with van der Waals surface area (Å²) < 4.78 is 3.36. The number of anilines is 1. The smallest absolute Gasteiger partial charge is 0.267 e. The summed E-state index contributed by atoms with van der Waals surface area (Å²) in [6, 6.07) is 24.7. The Morgan fingerprint density at radius 1 is 0.943 bits per heavy atom. The third-order valence-corrected chi connectivity index (χ3v) is 6.96. The van der Waals surface area contributed by atoms with Crippen LogP contribution in [0.15, 0.2) is 95.0 Å². The van der Waals surface area contributed by atoms with Crippen LogP contribution < -0.4 is 10.9 Å². The third-order valence-electron chi connectivity index (χ3n) is 5.99. The van der Waals surface area contributed by atoms with Gasteiger partial charge in [-0.05, 0) is 29.0 Å². The number of aryl methyl sites for hydroxylation is 1. The van der Waals surface area contributed by atoms with Crippen molar-refractivity contribution in [1.82, 2.24) is 19.3 Å². The zero-order valence-electron chi connectivity index (χ0n) is 18.7. The van der Waals surface area contributed by atoms with Crippen LogP contribution in [0.5, 0.6) is 0 Å². The molecule has 3 aromatic carbocycles. The number of carbonyl (C=O) groups excluding carboxylic acids is 1. The van der Waals surface area contributed by atoms with E-state index in [1.54, 1.807) is 17.8 Å². The summed E-state index contributed by atoms with van der Waals surface area (Å²) >= 11 is 1.76. The molecule has 6 rings (SSSR count). The zero-order chi connectivity index (χ0) is 23.8. The molecule has 0 aliphatic carbocycles. The molecule has 0 saturated carbocycles. The summed E-state index contributed by atoms with van der Waals surface area (Å²) in [6.45, 7) is 0.806. The van der Waals surface area contributed by atoms with Gasteiger partial charge in [-0.15, -0.1) is 0 Å². The van der Waals surface area contributed by atoms with Crippen LogP contribution in [0.3, 0.4) is 0 Å². The van der Waals surface area contributed by atoms with Gasteiger partial charge < -0.3 is 9.88 Å². The van der Waals surface area contributed by atoms with Gasteiger partial charge in [-0.1, -0.05) is 66.4 Å². The summed E-state index contributed by atoms with van der Waals surface area (Å²) in [5.41, 5.74) is 3.79. The van der Waals surface area contributed by atoms with Crippen molar-refractivity contribution in [1.29, 1.82) is 0 Å². The molecule has 8 heteroatoms. The lowest BCUT2D eigenvalue weighted by molar-refractivity contribution is -0.117. The van der Waals surface area contributed by atoms with E-state index in [2.05, 4.69) is 26.2 Å². The van der Waals surface area contributed by atoms with Crippen LogP contribution in [0.25, 0.3) is 33.3 Å². The Bertz CT molecular complexity index is 1590. The lowest BCUT2D eigenvalue weighted by Crippen LogP contribution is -2.29. The van der Waals surface area contributed by atoms with Crippen molar-refractivity contribution in [2.45, 2.75) is 18.2 Å². The van der Waals surface area contributed by atoms with Crippen molar-refractivity contribution < 1.29 is 4.79 Å². The zero-order valence-corrected chi connectivity index (χ0v) is 19.5. The van der Waals surface area contributed by atoms with Gasteiger partial charge in [0.2, 0.25) is 5.91 Å². The van der Waals surface area contributed by atoms with E-state index >= 15 is 0 Å². The highest BCUT2D eigenvalue weighted by molar-refractivity contribution is 7.99. The normalized spacial score (nSPS) is 12.6. The number of nitrogens with one attached hydrogen (secondary N) is 1. The van der Waals surface area contributed by atoms with Gasteiger partial charge in [-0.25, -0.2) is 9.67 Å². The first-order valence-corrected chi connectivity index (χ1v) is 12.3. The Morgan fingerprint density at radius 2 is 1.77 bits per heavy atom. The van der Waals surface area contributed by atoms with Crippen molar-refractivity contribution in [3.63, 3.8) is 0 Å². The van der Waals surface area contributed by atoms with Crippen LogP contribution in [0.2, 0.25) is 0 Å². The van der Waals surface area contributed by atoms with Crippen molar-refractivity contribution >= 4 is 34.1 Å². The molecule has 35 heavy (non-hydrogen) atoms. The quantitative estimate of drug-likeness (QED) is 0.396.